The van der Waals surface area contributed by atoms with Gasteiger partial charge in [-0.1, -0.05) is 12.5 Å². The summed E-state index contributed by atoms with van der Waals surface area (Å²) in [5, 5.41) is 0.462. The topological polar surface area (TPSA) is 63.1 Å². The van der Waals surface area contributed by atoms with Gasteiger partial charge in [-0.15, -0.1) is 0 Å². The van der Waals surface area contributed by atoms with Crippen molar-refractivity contribution in [3.05, 3.63) is 44.7 Å². The maximum atomic E-state index is 11.5. The zero-order valence-electron chi connectivity index (χ0n) is 8.66. The van der Waals surface area contributed by atoms with Gasteiger partial charge in [-0.2, -0.15) is 0 Å². The fraction of sp³-hybridized carbons (Fsp3) is 0.333. The lowest BCUT2D eigenvalue weighted by Gasteiger charge is -2.25. The lowest BCUT2D eigenvalue weighted by atomic mass is 9.80. The van der Waals surface area contributed by atoms with E-state index in [1.54, 1.807) is 6.07 Å². The first kappa shape index (κ1) is 9.39. The predicted octanol–water partition coefficient (Wildman–Crippen LogP) is 1.75. The quantitative estimate of drug-likeness (QED) is 0.791. The third kappa shape index (κ3) is 1.38. The minimum absolute atomic E-state index is 0.462. The van der Waals surface area contributed by atoms with Crippen molar-refractivity contribution in [3.63, 3.8) is 0 Å². The first-order chi connectivity index (χ1) is 7.74. The molecule has 0 radical (unpaired) electrons. The Bertz CT molecular complexity index is 649. The number of benzene rings is 1. The highest BCUT2D eigenvalue weighted by atomic mass is 16.4. The second kappa shape index (κ2) is 3.33. The summed E-state index contributed by atoms with van der Waals surface area (Å²) < 4.78 is 4.51. The van der Waals surface area contributed by atoms with Crippen molar-refractivity contribution in [2.75, 3.05) is 0 Å². The molecule has 0 spiro atoms. The van der Waals surface area contributed by atoms with Gasteiger partial charge in [-0.25, -0.2) is 9.59 Å². The Hall–Kier alpha value is -1.84. The number of nitrogens with one attached hydrogen (secondary N) is 1. The molecule has 4 nitrogen and oxygen atoms in total. The highest BCUT2D eigenvalue weighted by Gasteiger charge is 2.20. The van der Waals surface area contributed by atoms with Crippen LogP contribution in [0.25, 0.3) is 10.9 Å². The van der Waals surface area contributed by atoms with Crippen molar-refractivity contribution in [1.82, 2.24) is 4.98 Å². The number of rotatable bonds is 1. The second-order valence-electron chi connectivity index (χ2n) is 4.23. The van der Waals surface area contributed by atoms with E-state index in [2.05, 4.69) is 9.40 Å². The van der Waals surface area contributed by atoms with Gasteiger partial charge in [0.15, 0.2) is 0 Å². The van der Waals surface area contributed by atoms with Gasteiger partial charge in [0.05, 0.1) is 10.9 Å². The monoisotopic (exact) mass is 217 g/mol. The molecule has 4 heteroatoms. The molecule has 1 aliphatic carbocycles. The highest BCUT2D eigenvalue weighted by molar-refractivity contribution is 5.77. The van der Waals surface area contributed by atoms with Crippen molar-refractivity contribution < 1.29 is 4.42 Å². The van der Waals surface area contributed by atoms with Crippen LogP contribution in [0.1, 0.15) is 30.7 Å². The fourth-order valence-electron chi connectivity index (χ4n) is 2.11. The summed E-state index contributed by atoms with van der Waals surface area (Å²) in [5.41, 5.74) is 1.15. The summed E-state index contributed by atoms with van der Waals surface area (Å²) in [6, 6.07) is 5.59. The summed E-state index contributed by atoms with van der Waals surface area (Å²) in [7, 11) is 0. The average Bonchev–Trinajstić information content (AvgIpc) is 2.16. The molecule has 1 fully saturated rings. The summed E-state index contributed by atoms with van der Waals surface area (Å²) in [6.07, 6.45) is 3.61. The Labute approximate surface area is 90.9 Å². The lowest BCUT2D eigenvalue weighted by molar-refractivity contribution is 0.419. The van der Waals surface area contributed by atoms with E-state index in [1.165, 1.54) is 19.3 Å². The van der Waals surface area contributed by atoms with Crippen LogP contribution >= 0.6 is 0 Å². The zero-order chi connectivity index (χ0) is 11.1. The van der Waals surface area contributed by atoms with Crippen LogP contribution in [0.2, 0.25) is 0 Å². The molecule has 16 heavy (non-hydrogen) atoms. The van der Waals surface area contributed by atoms with Gasteiger partial charge in [0.1, 0.15) is 0 Å². The van der Waals surface area contributed by atoms with Crippen molar-refractivity contribution in [3.8, 4) is 0 Å². The second-order valence-corrected chi connectivity index (χ2v) is 4.23. The van der Waals surface area contributed by atoms with Crippen LogP contribution in [0.4, 0.5) is 0 Å². The van der Waals surface area contributed by atoms with Crippen LogP contribution in [0.15, 0.2) is 32.2 Å². The van der Waals surface area contributed by atoms with Crippen LogP contribution in [-0.4, -0.2) is 4.98 Å². The maximum Gasteiger partial charge on any atom is 0.419 e. The standard InChI is InChI=1S/C12H11NO3/c14-11-9-6-8(7-2-1-3-7)4-5-10(9)13-12(15)16-11/h4-7H,1-3H2,(H,13,15). The van der Waals surface area contributed by atoms with Crippen LogP contribution in [0.3, 0.4) is 0 Å². The van der Waals surface area contributed by atoms with E-state index < -0.39 is 11.4 Å². The number of aromatic amines is 1. The average molecular weight is 217 g/mol. The molecule has 1 saturated carbocycles. The third-order valence-electron chi connectivity index (χ3n) is 3.26. The highest BCUT2D eigenvalue weighted by Crippen LogP contribution is 2.36. The maximum absolute atomic E-state index is 11.5. The molecule has 1 N–H and O–H groups in total. The Morgan fingerprint density at radius 1 is 1.25 bits per heavy atom. The van der Waals surface area contributed by atoms with Crippen LogP contribution in [0.5, 0.6) is 0 Å². The van der Waals surface area contributed by atoms with Gasteiger partial charge < -0.3 is 4.42 Å². The summed E-state index contributed by atoms with van der Waals surface area (Å²) >= 11 is 0. The molecule has 3 rings (SSSR count). The van der Waals surface area contributed by atoms with Gasteiger partial charge in [0, 0.05) is 0 Å². The normalized spacial score (nSPS) is 16.2. The first-order valence-corrected chi connectivity index (χ1v) is 5.41. The zero-order valence-corrected chi connectivity index (χ0v) is 8.66. The smallest absolute Gasteiger partial charge is 0.372 e. The minimum Gasteiger partial charge on any atom is -0.372 e. The molecule has 1 heterocycles. The lowest BCUT2D eigenvalue weighted by Crippen LogP contribution is -2.15. The molecule has 1 aliphatic rings. The first-order valence-electron chi connectivity index (χ1n) is 5.41. The van der Waals surface area contributed by atoms with Crippen molar-refractivity contribution in [1.29, 1.82) is 0 Å². The van der Waals surface area contributed by atoms with Crippen molar-refractivity contribution >= 4 is 10.9 Å². The Morgan fingerprint density at radius 3 is 2.75 bits per heavy atom. The fourth-order valence-corrected chi connectivity index (χ4v) is 2.11. The third-order valence-corrected chi connectivity index (χ3v) is 3.26. The molecule has 0 atom stereocenters. The van der Waals surface area contributed by atoms with Gasteiger partial charge >= 0.3 is 11.4 Å². The molecular formula is C12H11NO3. The number of H-pyrrole nitrogens is 1. The van der Waals surface area contributed by atoms with Crippen LogP contribution < -0.4 is 11.4 Å². The molecule has 0 bridgehead atoms. The van der Waals surface area contributed by atoms with Gasteiger partial charge in [0.2, 0.25) is 0 Å². The van der Waals surface area contributed by atoms with E-state index in [0.29, 0.717) is 16.8 Å². The Morgan fingerprint density at radius 2 is 2.06 bits per heavy atom. The number of hydrogen-bond acceptors (Lipinski definition) is 3. The van der Waals surface area contributed by atoms with E-state index in [9.17, 15) is 9.59 Å². The molecule has 0 aliphatic heterocycles. The molecule has 82 valence electrons. The predicted molar refractivity (Wildman–Crippen MR) is 59.7 cm³/mol. The molecule has 0 saturated heterocycles. The van der Waals surface area contributed by atoms with E-state index >= 15 is 0 Å². The number of hydrogen-bond donors (Lipinski definition) is 1. The molecule has 0 unspecified atom stereocenters. The molecule has 1 aromatic carbocycles. The SMILES string of the molecule is O=c1[nH]c2ccc(C3CCC3)cc2c(=O)o1. The van der Waals surface area contributed by atoms with Gasteiger partial charge in [0.25, 0.3) is 0 Å². The van der Waals surface area contributed by atoms with E-state index in [4.69, 9.17) is 0 Å². The van der Waals surface area contributed by atoms with Crippen molar-refractivity contribution in [2.45, 2.75) is 25.2 Å². The Balaban J connectivity index is 2.24. The largest absolute Gasteiger partial charge is 0.419 e. The summed E-state index contributed by atoms with van der Waals surface area (Å²) in [6.45, 7) is 0. The molecule has 2 aromatic rings. The van der Waals surface area contributed by atoms with Crippen LogP contribution in [-0.2, 0) is 0 Å². The van der Waals surface area contributed by atoms with Crippen molar-refractivity contribution in [2.24, 2.45) is 0 Å². The van der Waals surface area contributed by atoms with Crippen LogP contribution in [0, 0.1) is 0 Å². The minimum atomic E-state index is -0.700. The van der Waals surface area contributed by atoms with Gasteiger partial charge in [-0.3, -0.25) is 4.98 Å². The number of aromatic nitrogens is 1. The summed E-state index contributed by atoms with van der Waals surface area (Å²) in [5.74, 6) is -0.135. The number of fused-ring (bicyclic) bond motifs is 1. The van der Waals surface area contributed by atoms with E-state index in [-0.39, 0.29) is 0 Å². The van der Waals surface area contributed by atoms with E-state index in [1.807, 2.05) is 12.1 Å². The Kier molecular flexibility index (Phi) is 1.96. The van der Waals surface area contributed by atoms with Gasteiger partial charge in [-0.05, 0) is 36.5 Å². The van der Waals surface area contributed by atoms with E-state index in [0.717, 1.165) is 5.56 Å². The summed E-state index contributed by atoms with van der Waals surface area (Å²) in [4.78, 5) is 25.0. The molecule has 1 aromatic heterocycles. The molecular weight excluding hydrogens is 206 g/mol. The molecule has 0 amide bonds.